The summed E-state index contributed by atoms with van der Waals surface area (Å²) in [7, 11) is 1.99. The topological polar surface area (TPSA) is 58.4 Å². The molecule has 0 radical (unpaired) electrons. The van der Waals surface area contributed by atoms with Gasteiger partial charge in [-0.25, -0.2) is 0 Å². The molecule has 0 heterocycles. The molecular formula is C14H29N3O. The molecule has 106 valence electrons. The Kier molecular flexibility index (Phi) is 6.65. The van der Waals surface area contributed by atoms with Crippen molar-refractivity contribution >= 4 is 5.91 Å². The molecule has 0 aromatic rings. The Balaban J connectivity index is 2.14. The maximum absolute atomic E-state index is 11.8. The van der Waals surface area contributed by atoms with Crippen LogP contribution in [0.4, 0.5) is 0 Å². The summed E-state index contributed by atoms with van der Waals surface area (Å²) in [6, 6.07) is 0.647. The van der Waals surface area contributed by atoms with E-state index in [1.807, 2.05) is 7.05 Å². The van der Waals surface area contributed by atoms with Crippen LogP contribution in [0.15, 0.2) is 0 Å². The fourth-order valence-corrected chi connectivity index (χ4v) is 2.37. The number of carbonyl (C=O) groups excluding carboxylic acids is 1. The molecule has 0 aromatic carbocycles. The van der Waals surface area contributed by atoms with Crippen molar-refractivity contribution in [1.82, 2.24) is 10.2 Å². The van der Waals surface area contributed by atoms with E-state index in [4.69, 9.17) is 5.73 Å². The predicted molar refractivity (Wildman–Crippen MR) is 75.3 cm³/mol. The molecule has 1 fully saturated rings. The van der Waals surface area contributed by atoms with E-state index in [1.54, 1.807) is 0 Å². The van der Waals surface area contributed by atoms with Gasteiger partial charge in [-0.15, -0.1) is 0 Å². The molecule has 1 unspecified atom stereocenters. The average Bonchev–Trinajstić information content (AvgIpc) is 2.78. The molecule has 0 aromatic heterocycles. The number of nitrogens with zero attached hydrogens (tertiary/aromatic N) is 1. The first-order chi connectivity index (χ1) is 8.49. The van der Waals surface area contributed by atoms with E-state index in [0.717, 1.165) is 25.8 Å². The number of nitrogens with one attached hydrogen (secondary N) is 1. The molecule has 0 spiro atoms. The molecule has 1 aliphatic carbocycles. The zero-order valence-corrected chi connectivity index (χ0v) is 12.1. The minimum absolute atomic E-state index is 0.155. The van der Waals surface area contributed by atoms with Crippen molar-refractivity contribution in [3.05, 3.63) is 0 Å². The lowest BCUT2D eigenvalue weighted by molar-refractivity contribution is -0.122. The number of rotatable bonds is 7. The third-order valence-electron chi connectivity index (χ3n) is 3.83. The molecule has 0 saturated heterocycles. The number of carbonyl (C=O) groups is 1. The molecule has 0 bridgehead atoms. The molecule has 18 heavy (non-hydrogen) atoms. The highest BCUT2D eigenvalue weighted by Crippen LogP contribution is 2.17. The van der Waals surface area contributed by atoms with Gasteiger partial charge in [0.05, 0.1) is 6.54 Å². The van der Waals surface area contributed by atoms with Gasteiger partial charge < -0.3 is 11.1 Å². The monoisotopic (exact) mass is 255 g/mol. The molecule has 1 atom stereocenters. The first-order valence-corrected chi connectivity index (χ1v) is 7.22. The first kappa shape index (κ1) is 15.4. The number of hydrogen-bond donors (Lipinski definition) is 2. The van der Waals surface area contributed by atoms with Crippen LogP contribution in [-0.4, -0.2) is 43.0 Å². The molecule has 1 amide bonds. The largest absolute Gasteiger partial charge is 0.352 e. The third kappa shape index (κ3) is 5.83. The lowest BCUT2D eigenvalue weighted by atomic mass is 10.0. The molecule has 4 heteroatoms. The van der Waals surface area contributed by atoms with Crippen LogP contribution in [0, 0.1) is 5.92 Å². The highest BCUT2D eigenvalue weighted by Gasteiger charge is 2.18. The summed E-state index contributed by atoms with van der Waals surface area (Å²) in [6.07, 6.45) is 5.75. The second kappa shape index (κ2) is 7.74. The van der Waals surface area contributed by atoms with E-state index >= 15 is 0 Å². The smallest absolute Gasteiger partial charge is 0.234 e. The van der Waals surface area contributed by atoms with Gasteiger partial charge in [0.1, 0.15) is 0 Å². The van der Waals surface area contributed by atoms with Crippen LogP contribution in [0.25, 0.3) is 0 Å². The zero-order valence-electron chi connectivity index (χ0n) is 12.1. The lowest BCUT2D eigenvalue weighted by Gasteiger charge is -2.21. The van der Waals surface area contributed by atoms with Gasteiger partial charge in [-0.2, -0.15) is 0 Å². The standard InChI is InChI=1S/C14H29N3O/c1-11(2)13(15)8-9-17(3)10-14(18)16-12-6-4-5-7-12/h11-13H,4-10,15H2,1-3H3,(H,16,18). The maximum Gasteiger partial charge on any atom is 0.234 e. The van der Waals surface area contributed by atoms with Crippen molar-refractivity contribution in [2.24, 2.45) is 11.7 Å². The minimum atomic E-state index is 0.155. The Morgan fingerprint density at radius 2 is 2.00 bits per heavy atom. The number of hydrogen-bond acceptors (Lipinski definition) is 3. The predicted octanol–water partition coefficient (Wildman–Crippen LogP) is 1.35. The van der Waals surface area contributed by atoms with Crippen LogP contribution in [0.5, 0.6) is 0 Å². The lowest BCUT2D eigenvalue weighted by Crippen LogP contribution is -2.41. The minimum Gasteiger partial charge on any atom is -0.352 e. The van der Waals surface area contributed by atoms with E-state index in [-0.39, 0.29) is 11.9 Å². The zero-order chi connectivity index (χ0) is 13.5. The van der Waals surface area contributed by atoms with Crippen molar-refractivity contribution in [3.63, 3.8) is 0 Å². The van der Waals surface area contributed by atoms with Crippen molar-refractivity contribution in [2.75, 3.05) is 20.1 Å². The molecule has 1 saturated carbocycles. The molecule has 1 aliphatic rings. The fourth-order valence-electron chi connectivity index (χ4n) is 2.37. The van der Waals surface area contributed by atoms with Crippen LogP contribution in [-0.2, 0) is 4.79 Å². The third-order valence-corrected chi connectivity index (χ3v) is 3.83. The van der Waals surface area contributed by atoms with Gasteiger partial charge in [0.25, 0.3) is 0 Å². The summed E-state index contributed by atoms with van der Waals surface area (Å²) >= 11 is 0. The van der Waals surface area contributed by atoms with Gasteiger partial charge in [0, 0.05) is 12.1 Å². The summed E-state index contributed by atoms with van der Waals surface area (Å²) in [6.45, 7) is 5.65. The van der Waals surface area contributed by atoms with Gasteiger partial charge in [-0.05, 0) is 38.8 Å². The van der Waals surface area contributed by atoms with E-state index in [1.165, 1.54) is 12.8 Å². The van der Waals surface area contributed by atoms with Crippen LogP contribution >= 0.6 is 0 Å². The SMILES string of the molecule is CC(C)C(N)CCN(C)CC(=O)NC1CCCC1. The van der Waals surface area contributed by atoms with Gasteiger partial charge in [0.2, 0.25) is 5.91 Å². The van der Waals surface area contributed by atoms with Crippen molar-refractivity contribution in [2.45, 2.75) is 58.0 Å². The number of amides is 1. The maximum atomic E-state index is 11.8. The van der Waals surface area contributed by atoms with E-state index in [9.17, 15) is 4.79 Å². The molecule has 1 rings (SSSR count). The Morgan fingerprint density at radius 1 is 1.39 bits per heavy atom. The van der Waals surface area contributed by atoms with Crippen LogP contribution in [0.1, 0.15) is 46.0 Å². The highest BCUT2D eigenvalue weighted by atomic mass is 16.2. The van der Waals surface area contributed by atoms with Crippen LogP contribution in [0.3, 0.4) is 0 Å². The Hall–Kier alpha value is -0.610. The van der Waals surface area contributed by atoms with Gasteiger partial charge in [-0.3, -0.25) is 9.69 Å². The summed E-state index contributed by atoms with van der Waals surface area (Å²) in [4.78, 5) is 13.9. The normalized spacial score (nSPS) is 18.6. The summed E-state index contributed by atoms with van der Waals surface area (Å²) in [5.41, 5.74) is 6.00. The second-order valence-electron chi connectivity index (χ2n) is 5.98. The van der Waals surface area contributed by atoms with Crippen molar-refractivity contribution in [1.29, 1.82) is 0 Å². The average molecular weight is 255 g/mol. The van der Waals surface area contributed by atoms with E-state index < -0.39 is 0 Å². The summed E-state index contributed by atoms with van der Waals surface area (Å²) < 4.78 is 0. The Morgan fingerprint density at radius 3 is 2.56 bits per heavy atom. The number of nitrogens with two attached hydrogens (primary N) is 1. The molecule has 4 nitrogen and oxygen atoms in total. The highest BCUT2D eigenvalue weighted by molar-refractivity contribution is 5.78. The Bertz CT molecular complexity index is 249. The van der Waals surface area contributed by atoms with Crippen molar-refractivity contribution < 1.29 is 4.79 Å². The van der Waals surface area contributed by atoms with Crippen molar-refractivity contribution in [3.8, 4) is 0 Å². The second-order valence-corrected chi connectivity index (χ2v) is 5.98. The van der Waals surface area contributed by atoms with Crippen LogP contribution < -0.4 is 11.1 Å². The summed E-state index contributed by atoms with van der Waals surface area (Å²) in [5, 5.41) is 3.11. The molecule has 3 N–H and O–H groups in total. The van der Waals surface area contributed by atoms with Gasteiger partial charge >= 0.3 is 0 Å². The first-order valence-electron chi connectivity index (χ1n) is 7.22. The van der Waals surface area contributed by atoms with Gasteiger partial charge in [-0.1, -0.05) is 26.7 Å². The summed E-state index contributed by atoms with van der Waals surface area (Å²) in [5.74, 6) is 0.660. The van der Waals surface area contributed by atoms with E-state index in [2.05, 4.69) is 24.1 Å². The Labute approximate surface area is 111 Å². The van der Waals surface area contributed by atoms with E-state index in [0.29, 0.717) is 18.5 Å². The van der Waals surface area contributed by atoms with Gasteiger partial charge in [0.15, 0.2) is 0 Å². The number of likely N-dealkylation sites (N-methyl/N-ethyl adjacent to an activating group) is 1. The molecule has 0 aliphatic heterocycles. The van der Waals surface area contributed by atoms with Crippen LogP contribution in [0.2, 0.25) is 0 Å². The molecular weight excluding hydrogens is 226 g/mol. The quantitative estimate of drug-likeness (QED) is 0.722. The fraction of sp³-hybridized carbons (Fsp3) is 0.929.